The second kappa shape index (κ2) is 2.18. The van der Waals surface area contributed by atoms with Crippen LogP contribution in [0.5, 0.6) is 0 Å². The average molecular weight is 142 g/mol. The molecule has 0 saturated heterocycles. The van der Waals surface area contributed by atoms with Gasteiger partial charge in [0, 0.05) is 6.42 Å². The zero-order valence-electron chi connectivity index (χ0n) is 5.68. The van der Waals surface area contributed by atoms with E-state index in [1.807, 2.05) is 5.41 Å². The van der Waals surface area contributed by atoms with E-state index in [0.717, 1.165) is 0 Å². The van der Waals surface area contributed by atoms with Crippen molar-refractivity contribution in [1.29, 1.82) is 0 Å². The Morgan fingerprint density at radius 1 is 1.67 bits per heavy atom. The quantitative estimate of drug-likeness (QED) is 0.515. The van der Waals surface area contributed by atoms with Gasteiger partial charge in [-0.05, 0) is 10.8 Å². The van der Waals surface area contributed by atoms with Gasteiger partial charge >= 0.3 is 0 Å². The van der Waals surface area contributed by atoms with Crippen LogP contribution in [0.2, 0.25) is 0 Å². The molecule has 1 heterocycles. The van der Waals surface area contributed by atoms with Crippen LogP contribution in [0.25, 0.3) is 0 Å². The van der Waals surface area contributed by atoms with Crippen molar-refractivity contribution in [3.8, 4) is 0 Å². The van der Waals surface area contributed by atoms with Crippen LogP contribution in [0.4, 0.5) is 0 Å². The standard InChI is InChI=1S/C7H10OS/c1-7(2)3-4-9-6(8)5-7/h3-4H,5H2,1-2H3. The minimum Gasteiger partial charge on any atom is -0.287 e. The molecular weight excluding hydrogens is 132 g/mol. The van der Waals surface area contributed by atoms with Crippen molar-refractivity contribution < 1.29 is 4.79 Å². The molecule has 9 heavy (non-hydrogen) atoms. The Morgan fingerprint density at radius 3 is 2.67 bits per heavy atom. The van der Waals surface area contributed by atoms with Gasteiger partial charge < -0.3 is 0 Å². The van der Waals surface area contributed by atoms with Gasteiger partial charge in [-0.25, -0.2) is 0 Å². The van der Waals surface area contributed by atoms with Gasteiger partial charge in [-0.2, -0.15) is 0 Å². The second-order valence-electron chi connectivity index (χ2n) is 2.96. The first-order valence-corrected chi connectivity index (χ1v) is 3.85. The van der Waals surface area contributed by atoms with Crippen molar-refractivity contribution in [3.63, 3.8) is 0 Å². The molecule has 1 aliphatic heterocycles. The van der Waals surface area contributed by atoms with Gasteiger partial charge in [0.2, 0.25) is 0 Å². The molecule has 50 valence electrons. The summed E-state index contributed by atoms with van der Waals surface area (Å²) in [6.45, 7) is 4.14. The van der Waals surface area contributed by atoms with Crippen LogP contribution in [-0.2, 0) is 4.79 Å². The van der Waals surface area contributed by atoms with Crippen LogP contribution in [0.1, 0.15) is 20.3 Å². The van der Waals surface area contributed by atoms with Crippen molar-refractivity contribution in [2.45, 2.75) is 20.3 Å². The first-order valence-electron chi connectivity index (χ1n) is 2.97. The number of carbonyl (C=O) groups excluding carboxylic acids is 1. The van der Waals surface area contributed by atoms with Gasteiger partial charge in [-0.15, -0.1) is 0 Å². The minimum atomic E-state index is 0.0995. The molecule has 1 aliphatic rings. The summed E-state index contributed by atoms with van der Waals surface area (Å²) < 4.78 is 0. The third kappa shape index (κ3) is 1.86. The van der Waals surface area contributed by atoms with Crippen molar-refractivity contribution >= 4 is 16.9 Å². The predicted octanol–water partition coefficient (Wildman–Crippen LogP) is 2.19. The van der Waals surface area contributed by atoms with Gasteiger partial charge in [0.25, 0.3) is 0 Å². The van der Waals surface area contributed by atoms with Crippen LogP contribution < -0.4 is 0 Å². The highest BCUT2D eigenvalue weighted by atomic mass is 32.2. The van der Waals surface area contributed by atoms with Gasteiger partial charge in [0.05, 0.1) is 0 Å². The number of carbonyl (C=O) groups is 1. The van der Waals surface area contributed by atoms with E-state index in [4.69, 9.17) is 0 Å². The largest absolute Gasteiger partial charge is 0.287 e. The monoisotopic (exact) mass is 142 g/mol. The van der Waals surface area contributed by atoms with Gasteiger partial charge in [-0.3, -0.25) is 4.79 Å². The molecule has 0 spiro atoms. The molecule has 0 saturated carbocycles. The Balaban J connectivity index is 2.71. The predicted molar refractivity (Wildman–Crippen MR) is 40.1 cm³/mol. The molecule has 0 bridgehead atoms. The minimum absolute atomic E-state index is 0.0995. The van der Waals surface area contributed by atoms with E-state index < -0.39 is 0 Å². The summed E-state index contributed by atoms with van der Waals surface area (Å²) in [5.74, 6) is 0. The number of allylic oxidation sites excluding steroid dienone is 1. The Kier molecular flexibility index (Phi) is 1.66. The topological polar surface area (TPSA) is 17.1 Å². The fraction of sp³-hybridized carbons (Fsp3) is 0.571. The maximum atomic E-state index is 10.8. The summed E-state index contributed by atoms with van der Waals surface area (Å²) in [5.41, 5.74) is 0.0995. The molecule has 0 atom stereocenters. The van der Waals surface area contributed by atoms with Gasteiger partial charge in [-0.1, -0.05) is 31.7 Å². The molecule has 0 aromatic carbocycles. The molecular formula is C7H10OS. The molecule has 0 aromatic heterocycles. The zero-order chi connectivity index (χ0) is 6.91. The zero-order valence-corrected chi connectivity index (χ0v) is 6.49. The first-order chi connectivity index (χ1) is 4.10. The SMILES string of the molecule is CC1(C)C=CSC(=O)C1. The fourth-order valence-corrected chi connectivity index (χ4v) is 1.81. The lowest BCUT2D eigenvalue weighted by molar-refractivity contribution is -0.112. The average Bonchev–Trinajstić information content (AvgIpc) is 1.60. The molecule has 0 aromatic rings. The van der Waals surface area contributed by atoms with E-state index in [1.54, 1.807) is 0 Å². The van der Waals surface area contributed by atoms with Crippen LogP contribution >= 0.6 is 11.8 Å². The number of thioether (sulfide) groups is 1. The highest BCUT2D eigenvalue weighted by molar-refractivity contribution is 8.16. The summed E-state index contributed by atoms with van der Waals surface area (Å²) in [7, 11) is 0. The van der Waals surface area contributed by atoms with Crippen molar-refractivity contribution in [2.75, 3.05) is 0 Å². The fourth-order valence-electron chi connectivity index (χ4n) is 0.767. The highest BCUT2D eigenvalue weighted by Gasteiger charge is 2.21. The third-order valence-electron chi connectivity index (χ3n) is 1.32. The number of hydrogen-bond donors (Lipinski definition) is 0. The van der Waals surface area contributed by atoms with E-state index >= 15 is 0 Å². The van der Waals surface area contributed by atoms with Crippen molar-refractivity contribution in [2.24, 2.45) is 5.41 Å². The molecule has 0 amide bonds. The van der Waals surface area contributed by atoms with Gasteiger partial charge in [0.15, 0.2) is 5.12 Å². The Morgan fingerprint density at radius 2 is 2.33 bits per heavy atom. The van der Waals surface area contributed by atoms with Crippen LogP contribution in [-0.4, -0.2) is 5.12 Å². The number of rotatable bonds is 0. The summed E-state index contributed by atoms with van der Waals surface area (Å²) in [6.07, 6.45) is 2.76. The molecule has 1 nitrogen and oxygen atoms in total. The maximum Gasteiger partial charge on any atom is 0.193 e. The smallest absolute Gasteiger partial charge is 0.193 e. The van der Waals surface area contributed by atoms with E-state index in [9.17, 15) is 4.79 Å². The molecule has 0 fully saturated rings. The lowest BCUT2D eigenvalue weighted by atomic mass is 9.90. The lowest BCUT2D eigenvalue weighted by Crippen LogP contribution is -2.14. The van der Waals surface area contributed by atoms with Gasteiger partial charge in [0.1, 0.15) is 0 Å². The summed E-state index contributed by atoms with van der Waals surface area (Å²) in [6, 6.07) is 0. The summed E-state index contributed by atoms with van der Waals surface area (Å²) in [4.78, 5) is 10.8. The Labute approximate surface area is 59.5 Å². The maximum absolute atomic E-state index is 10.8. The molecule has 0 unspecified atom stereocenters. The molecule has 1 rings (SSSR count). The molecule has 0 N–H and O–H groups in total. The Hall–Kier alpha value is -0.240. The lowest BCUT2D eigenvalue weighted by Gasteiger charge is -2.21. The highest BCUT2D eigenvalue weighted by Crippen LogP contribution is 2.31. The van der Waals surface area contributed by atoms with E-state index in [2.05, 4.69) is 19.9 Å². The van der Waals surface area contributed by atoms with E-state index in [0.29, 0.717) is 6.42 Å². The van der Waals surface area contributed by atoms with Crippen molar-refractivity contribution in [3.05, 3.63) is 11.5 Å². The first kappa shape index (κ1) is 6.87. The normalized spacial score (nSPS) is 24.4. The summed E-state index contributed by atoms with van der Waals surface area (Å²) in [5, 5.41) is 2.16. The molecule has 0 radical (unpaired) electrons. The Bertz CT molecular complexity index is 158. The third-order valence-corrected chi connectivity index (χ3v) is 2.00. The van der Waals surface area contributed by atoms with Crippen LogP contribution in [0, 0.1) is 5.41 Å². The number of hydrogen-bond acceptors (Lipinski definition) is 2. The second-order valence-corrected chi connectivity index (χ2v) is 3.92. The summed E-state index contributed by atoms with van der Waals surface area (Å²) >= 11 is 1.30. The van der Waals surface area contributed by atoms with Crippen LogP contribution in [0.3, 0.4) is 0 Å². The molecule has 0 aliphatic carbocycles. The van der Waals surface area contributed by atoms with E-state index in [-0.39, 0.29) is 10.5 Å². The molecule has 2 heteroatoms. The van der Waals surface area contributed by atoms with Crippen molar-refractivity contribution in [1.82, 2.24) is 0 Å². The van der Waals surface area contributed by atoms with E-state index in [1.165, 1.54) is 11.8 Å². The van der Waals surface area contributed by atoms with Crippen LogP contribution in [0.15, 0.2) is 11.5 Å².